The van der Waals surface area contributed by atoms with E-state index in [0.717, 1.165) is 19.4 Å². The molecule has 2 N–H and O–H groups in total. The van der Waals surface area contributed by atoms with E-state index in [1.54, 1.807) is 13.8 Å². The Balaban J connectivity index is 3.74. The molecule has 2 unspecified atom stereocenters. The normalized spacial score (nSPS) is 16.4. The predicted octanol–water partition coefficient (Wildman–Crippen LogP) is 2.50. The largest absolute Gasteiger partial charge is 0.465 e. The van der Waals surface area contributed by atoms with Gasteiger partial charge in [-0.25, -0.2) is 0 Å². The van der Waals surface area contributed by atoms with Gasteiger partial charge >= 0.3 is 5.97 Å². The van der Waals surface area contributed by atoms with Crippen molar-refractivity contribution in [2.45, 2.75) is 65.5 Å². The number of hydrogen-bond acceptors (Lipinski definition) is 4. The van der Waals surface area contributed by atoms with Crippen LogP contribution in [0, 0.1) is 5.92 Å². The Morgan fingerprint density at radius 1 is 1.28 bits per heavy atom. The van der Waals surface area contributed by atoms with E-state index in [1.807, 2.05) is 0 Å². The Hall–Kier alpha value is -0.610. The minimum atomic E-state index is -0.875. The topological polar surface area (TPSA) is 61.5 Å². The van der Waals surface area contributed by atoms with Crippen molar-refractivity contribution < 1.29 is 14.3 Å². The zero-order valence-electron chi connectivity index (χ0n) is 12.5. The molecule has 0 spiro atoms. The Bertz CT molecular complexity index is 239. The average molecular weight is 259 g/mol. The lowest BCUT2D eigenvalue weighted by molar-refractivity contribution is -0.149. The van der Waals surface area contributed by atoms with Crippen LogP contribution in [-0.2, 0) is 14.3 Å². The van der Waals surface area contributed by atoms with E-state index in [4.69, 9.17) is 15.2 Å². The summed E-state index contributed by atoms with van der Waals surface area (Å²) in [6, 6.07) is 0. The van der Waals surface area contributed by atoms with Crippen molar-refractivity contribution in [1.82, 2.24) is 0 Å². The van der Waals surface area contributed by atoms with E-state index in [0.29, 0.717) is 18.9 Å². The highest BCUT2D eigenvalue weighted by Gasteiger charge is 2.28. The molecule has 0 saturated carbocycles. The number of rotatable bonds is 9. The first kappa shape index (κ1) is 17.4. The Labute approximate surface area is 111 Å². The molecule has 0 aromatic rings. The third-order valence-electron chi connectivity index (χ3n) is 3.15. The van der Waals surface area contributed by atoms with E-state index in [2.05, 4.69) is 20.8 Å². The summed E-state index contributed by atoms with van der Waals surface area (Å²) in [5.74, 6) is 0.214. The fraction of sp³-hybridized carbons (Fsp3) is 0.929. The monoisotopic (exact) mass is 259 g/mol. The van der Waals surface area contributed by atoms with Crippen LogP contribution in [0.4, 0.5) is 0 Å². The van der Waals surface area contributed by atoms with Crippen molar-refractivity contribution in [1.29, 1.82) is 0 Å². The fourth-order valence-electron chi connectivity index (χ4n) is 1.45. The van der Waals surface area contributed by atoms with Crippen LogP contribution >= 0.6 is 0 Å². The number of carbonyl (C=O) groups excluding carboxylic acids is 1. The summed E-state index contributed by atoms with van der Waals surface area (Å²) in [4.78, 5) is 11.5. The lowest BCUT2D eigenvalue weighted by atomic mass is 9.96. The summed E-state index contributed by atoms with van der Waals surface area (Å²) < 4.78 is 10.6. The summed E-state index contributed by atoms with van der Waals surface area (Å²) in [6.07, 6.45) is 2.70. The second-order valence-corrected chi connectivity index (χ2v) is 5.41. The first-order chi connectivity index (χ1) is 8.31. The van der Waals surface area contributed by atoms with Gasteiger partial charge in [-0.3, -0.25) is 4.79 Å². The molecule has 18 heavy (non-hydrogen) atoms. The van der Waals surface area contributed by atoms with Crippen LogP contribution in [0.25, 0.3) is 0 Å². The van der Waals surface area contributed by atoms with Crippen molar-refractivity contribution in [3.8, 4) is 0 Å². The van der Waals surface area contributed by atoms with Crippen molar-refractivity contribution in [3.05, 3.63) is 0 Å². The molecular weight excluding hydrogens is 230 g/mol. The molecule has 0 aliphatic carbocycles. The van der Waals surface area contributed by atoms with Crippen molar-refractivity contribution in [2.24, 2.45) is 11.7 Å². The number of unbranched alkanes of at least 4 members (excludes halogenated alkanes) is 1. The minimum Gasteiger partial charge on any atom is -0.465 e. The molecule has 0 aliphatic heterocycles. The van der Waals surface area contributed by atoms with E-state index in [-0.39, 0.29) is 12.1 Å². The van der Waals surface area contributed by atoms with E-state index in [1.165, 1.54) is 0 Å². The average Bonchev–Trinajstić information content (AvgIpc) is 2.28. The van der Waals surface area contributed by atoms with Gasteiger partial charge in [0.25, 0.3) is 0 Å². The third kappa shape index (κ3) is 6.97. The van der Waals surface area contributed by atoms with E-state index >= 15 is 0 Å². The molecule has 0 bridgehead atoms. The van der Waals surface area contributed by atoms with Crippen LogP contribution in [0.3, 0.4) is 0 Å². The minimum absolute atomic E-state index is 0.277. The maximum absolute atomic E-state index is 11.5. The second-order valence-electron chi connectivity index (χ2n) is 5.41. The lowest BCUT2D eigenvalue weighted by Gasteiger charge is -2.22. The zero-order chi connectivity index (χ0) is 14.2. The molecule has 0 rings (SSSR count). The standard InChI is InChI=1S/C14H29NO3/c1-6-17-13(16)14(5,15)9-7-8-10-18-12(4)11(2)3/h11-12H,6-10,15H2,1-5H3. The Morgan fingerprint density at radius 2 is 1.89 bits per heavy atom. The van der Waals surface area contributed by atoms with Gasteiger partial charge in [0.15, 0.2) is 0 Å². The molecule has 4 heteroatoms. The maximum atomic E-state index is 11.5. The number of nitrogens with two attached hydrogens (primary N) is 1. The maximum Gasteiger partial charge on any atom is 0.325 e. The van der Waals surface area contributed by atoms with Crippen LogP contribution in [0.15, 0.2) is 0 Å². The first-order valence-electron chi connectivity index (χ1n) is 6.89. The van der Waals surface area contributed by atoms with Crippen LogP contribution in [0.1, 0.15) is 53.9 Å². The number of esters is 1. The van der Waals surface area contributed by atoms with Gasteiger partial charge in [0, 0.05) is 6.61 Å². The molecule has 0 amide bonds. The van der Waals surface area contributed by atoms with Gasteiger partial charge in [-0.15, -0.1) is 0 Å². The van der Waals surface area contributed by atoms with Crippen LogP contribution in [0.2, 0.25) is 0 Å². The third-order valence-corrected chi connectivity index (χ3v) is 3.15. The Morgan fingerprint density at radius 3 is 2.39 bits per heavy atom. The van der Waals surface area contributed by atoms with Crippen LogP contribution in [0.5, 0.6) is 0 Å². The molecule has 2 atom stereocenters. The summed E-state index contributed by atoms with van der Waals surface area (Å²) >= 11 is 0. The second kappa shape index (κ2) is 8.48. The van der Waals surface area contributed by atoms with Crippen molar-refractivity contribution in [3.63, 3.8) is 0 Å². The molecule has 0 aromatic heterocycles. The molecule has 0 aromatic carbocycles. The summed E-state index contributed by atoms with van der Waals surface area (Å²) in [7, 11) is 0. The van der Waals surface area contributed by atoms with Gasteiger partial charge in [-0.1, -0.05) is 13.8 Å². The number of ether oxygens (including phenoxy) is 2. The smallest absolute Gasteiger partial charge is 0.325 e. The van der Waals surface area contributed by atoms with Crippen molar-refractivity contribution >= 4 is 5.97 Å². The highest BCUT2D eigenvalue weighted by Crippen LogP contribution is 2.13. The molecule has 4 nitrogen and oxygen atoms in total. The van der Waals surface area contributed by atoms with Gasteiger partial charge in [-0.05, 0) is 46.0 Å². The van der Waals surface area contributed by atoms with Gasteiger partial charge < -0.3 is 15.2 Å². The SMILES string of the molecule is CCOC(=O)C(C)(N)CCCCOC(C)C(C)C. The van der Waals surface area contributed by atoms with Gasteiger partial charge in [0.2, 0.25) is 0 Å². The first-order valence-corrected chi connectivity index (χ1v) is 6.89. The molecular formula is C14H29NO3. The highest BCUT2D eigenvalue weighted by molar-refractivity contribution is 5.79. The summed E-state index contributed by atoms with van der Waals surface area (Å²) in [5, 5.41) is 0. The molecule has 0 aliphatic rings. The summed E-state index contributed by atoms with van der Waals surface area (Å²) in [5.41, 5.74) is 5.05. The molecule has 0 fully saturated rings. The van der Waals surface area contributed by atoms with Crippen LogP contribution in [-0.4, -0.2) is 30.8 Å². The molecule has 108 valence electrons. The van der Waals surface area contributed by atoms with E-state index in [9.17, 15) is 4.79 Å². The van der Waals surface area contributed by atoms with Gasteiger partial charge in [0.1, 0.15) is 5.54 Å². The molecule has 0 radical (unpaired) electrons. The Kier molecular flexibility index (Phi) is 8.20. The van der Waals surface area contributed by atoms with E-state index < -0.39 is 5.54 Å². The van der Waals surface area contributed by atoms with Gasteiger partial charge in [-0.2, -0.15) is 0 Å². The number of carbonyl (C=O) groups is 1. The summed E-state index contributed by atoms with van der Waals surface area (Å²) in [6.45, 7) is 11.0. The highest BCUT2D eigenvalue weighted by atomic mass is 16.5. The fourth-order valence-corrected chi connectivity index (χ4v) is 1.45. The van der Waals surface area contributed by atoms with Crippen molar-refractivity contribution in [2.75, 3.05) is 13.2 Å². The van der Waals surface area contributed by atoms with Crippen LogP contribution < -0.4 is 5.73 Å². The quantitative estimate of drug-likeness (QED) is 0.510. The molecule has 0 saturated heterocycles. The predicted molar refractivity (Wildman–Crippen MR) is 73.3 cm³/mol. The molecule has 0 heterocycles. The van der Waals surface area contributed by atoms with Gasteiger partial charge in [0.05, 0.1) is 12.7 Å². The zero-order valence-corrected chi connectivity index (χ0v) is 12.5. The lowest BCUT2D eigenvalue weighted by Crippen LogP contribution is -2.46. The number of hydrogen-bond donors (Lipinski definition) is 1.